The van der Waals surface area contributed by atoms with Crippen molar-refractivity contribution in [2.75, 3.05) is 5.32 Å². The Labute approximate surface area is 147 Å². The van der Waals surface area contributed by atoms with Crippen LogP contribution in [0.3, 0.4) is 0 Å². The van der Waals surface area contributed by atoms with Crippen LogP contribution < -0.4 is 5.32 Å². The molecule has 122 valence electrons. The van der Waals surface area contributed by atoms with Crippen LogP contribution in [0.15, 0.2) is 52.9 Å². The molecule has 0 atom stereocenters. The second-order valence-corrected chi connectivity index (χ2v) is 7.41. The summed E-state index contributed by atoms with van der Waals surface area (Å²) in [6.07, 6.45) is 0. The topological polar surface area (TPSA) is 54.9 Å². The molecule has 3 aromatic rings. The van der Waals surface area contributed by atoms with Gasteiger partial charge in [0.05, 0.1) is 5.69 Å². The van der Waals surface area contributed by atoms with Crippen molar-refractivity contribution in [3.05, 3.63) is 70.5 Å². The van der Waals surface area contributed by atoms with E-state index in [1.807, 2.05) is 19.1 Å². The first-order chi connectivity index (χ1) is 11.6. The molecule has 0 aliphatic rings. The van der Waals surface area contributed by atoms with Gasteiger partial charge in [-0.3, -0.25) is 4.79 Å². The number of amides is 1. The minimum atomic E-state index is -0.453. The van der Waals surface area contributed by atoms with E-state index in [4.69, 9.17) is 0 Å². The highest BCUT2D eigenvalue weighted by atomic mass is 32.2. The van der Waals surface area contributed by atoms with Crippen molar-refractivity contribution in [3.8, 4) is 0 Å². The van der Waals surface area contributed by atoms with Crippen molar-refractivity contribution in [1.82, 2.24) is 10.2 Å². The molecule has 1 N–H and O–H groups in total. The monoisotopic (exact) mass is 359 g/mol. The van der Waals surface area contributed by atoms with Gasteiger partial charge in [-0.2, -0.15) is 0 Å². The molecule has 2 aromatic carbocycles. The highest BCUT2D eigenvalue weighted by molar-refractivity contribution is 8.00. The van der Waals surface area contributed by atoms with Gasteiger partial charge in [-0.05, 0) is 36.8 Å². The Kier molecular flexibility index (Phi) is 5.22. The molecule has 0 bridgehead atoms. The predicted octanol–water partition coefficient (Wildman–Crippen LogP) is 4.53. The lowest BCUT2D eigenvalue weighted by atomic mass is 10.1. The minimum absolute atomic E-state index is 0.175. The van der Waals surface area contributed by atoms with E-state index in [9.17, 15) is 9.18 Å². The number of nitrogens with zero attached hydrogens (tertiary/aromatic N) is 2. The van der Waals surface area contributed by atoms with E-state index in [0.717, 1.165) is 20.7 Å². The lowest BCUT2D eigenvalue weighted by Gasteiger charge is -2.07. The normalized spacial score (nSPS) is 10.6. The average molecular weight is 359 g/mol. The van der Waals surface area contributed by atoms with Crippen LogP contribution in [0, 0.1) is 12.7 Å². The molecular weight excluding hydrogens is 345 g/mol. The number of hydrogen-bond donors (Lipinski definition) is 1. The highest BCUT2D eigenvalue weighted by Crippen LogP contribution is 2.25. The maximum atomic E-state index is 13.6. The largest absolute Gasteiger partial charge is 0.319 e. The molecule has 0 unspecified atom stereocenters. The highest BCUT2D eigenvalue weighted by Gasteiger charge is 2.09. The van der Waals surface area contributed by atoms with Gasteiger partial charge in [0.15, 0.2) is 4.34 Å². The Bertz CT molecular complexity index is 849. The zero-order valence-electron chi connectivity index (χ0n) is 12.8. The number of carbonyl (C=O) groups excluding carboxylic acids is 1. The first-order valence-electron chi connectivity index (χ1n) is 7.19. The number of halogens is 1. The first kappa shape index (κ1) is 16.6. The molecule has 0 saturated heterocycles. The van der Waals surface area contributed by atoms with Gasteiger partial charge >= 0.3 is 0 Å². The van der Waals surface area contributed by atoms with E-state index in [1.165, 1.54) is 12.1 Å². The molecular formula is C17H14FN3OS2. The van der Waals surface area contributed by atoms with E-state index in [-0.39, 0.29) is 11.6 Å². The summed E-state index contributed by atoms with van der Waals surface area (Å²) in [5.41, 5.74) is 1.74. The number of hydrogen-bond acceptors (Lipinski definition) is 5. The Hall–Kier alpha value is -2.25. The molecule has 1 aromatic heterocycles. The van der Waals surface area contributed by atoms with Crippen LogP contribution in [-0.2, 0) is 5.75 Å². The van der Waals surface area contributed by atoms with Crippen molar-refractivity contribution in [3.63, 3.8) is 0 Å². The fourth-order valence-corrected chi connectivity index (χ4v) is 3.76. The average Bonchev–Trinajstić information content (AvgIpc) is 3.01. The molecule has 0 spiro atoms. The Balaban J connectivity index is 1.61. The molecule has 1 heterocycles. The summed E-state index contributed by atoms with van der Waals surface area (Å²) >= 11 is 3.17. The molecule has 1 amide bonds. The summed E-state index contributed by atoms with van der Waals surface area (Å²) in [5.74, 6) is -0.0330. The fourth-order valence-electron chi connectivity index (χ4n) is 1.99. The van der Waals surface area contributed by atoms with Crippen LogP contribution in [0.25, 0.3) is 0 Å². The fraction of sp³-hybridized carbons (Fsp3) is 0.118. The zero-order chi connectivity index (χ0) is 16.9. The summed E-state index contributed by atoms with van der Waals surface area (Å²) in [6, 6.07) is 13.3. The van der Waals surface area contributed by atoms with Crippen LogP contribution >= 0.6 is 23.1 Å². The molecule has 0 aliphatic heterocycles. The van der Waals surface area contributed by atoms with Crippen molar-refractivity contribution in [2.45, 2.75) is 17.0 Å². The van der Waals surface area contributed by atoms with Crippen LogP contribution in [0.4, 0.5) is 10.1 Å². The molecule has 0 fully saturated rings. The predicted molar refractivity (Wildman–Crippen MR) is 95.0 cm³/mol. The van der Waals surface area contributed by atoms with Crippen molar-refractivity contribution in [1.29, 1.82) is 0 Å². The lowest BCUT2D eigenvalue weighted by Crippen LogP contribution is -2.12. The van der Waals surface area contributed by atoms with Gasteiger partial charge in [-0.25, -0.2) is 4.39 Å². The van der Waals surface area contributed by atoms with Crippen molar-refractivity contribution < 1.29 is 9.18 Å². The number of anilines is 1. The van der Waals surface area contributed by atoms with E-state index in [2.05, 4.69) is 15.5 Å². The Morgan fingerprint density at radius 2 is 1.92 bits per heavy atom. The van der Waals surface area contributed by atoms with E-state index in [0.29, 0.717) is 5.56 Å². The van der Waals surface area contributed by atoms with Crippen LogP contribution in [0.5, 0.6) is 0 Å². The van der Waals surface area contributed by atoms with E-state index < -0.39 is 5.82 Å². The number of thioether (sulfide) groups is 1. The molecule has 0 aliphatic carbocycles. The number of nitrogens with one attached hydrogen (secondary N) is 1. The number of aryl methyl sites for hydroxylation is 1. The molecule has 3 rings (SSSR count). The Morgan fingerprint density at radius 1 is 1.17 bits per heavy atom. The summed E-state index contributed by atoms with van der Waals surface area (Å²) in [5, 5.41) is 11.6. The van der Waals surface area contributed by atoms with Crippen LogP contribution in [0.2, 0.25) is 0 Å². The lowest BCUT2D eigenvalue weighted by molar-refractivity contribution is 0.102. The van der Waals surface area contributed by atoms with Gasteiger partial charge in [-0.15, -0.1) is 10.2 Å². The smallest absolute Gasteiger partial charge is 0.255 e. The molecule has 7 heteroatoms. The summed E-state index contributed by atoms with van der Waals surface area (Å²) in [6.45, 7) is 1.92. The third-order valence-corrected chi connectivity index (χ3v) is 5.25. The maximum absolute atomic E-state index is 13.6. The first-order valence-corrected chi connectivity index (χ1v) is 9.00. The molecule has 4 nitrogen and oxygen atoms in total. The van der Waals surface area contributed by atoms with Crippen molar-refractivity contribution in [2.24, 2.45) is 0 Å². The number of rotatable bonds is 5. The minimum Gasteiger partial charge on any atom is -0.319 e. The zero-order valence-corrected chi connectivity index (χ0v) is 14.5. The van der Waals surface area contributed by atoms with Crippen LogP contribution in [-0.4, -0.2) is 16.1 Å². The third-order valence-electron chi connectivity index (χ3n) is 3.21. The summed E-state index contributed by atoms with van der Waals surface area (Å²) in [7, 11) is 0. The third kappa shape index (κ3) is 4.18. The summed E-state index contributed by atoms with van der Waals surface area (Å²) in [4.78, 5) is 12.2. The number of para-hydroxylation sites is 1. The molecule has 24 heavy (non-hydrogen) atoms. The second-order valence-electron chi connectivity index (χ2n) is 5.01. The second kappa shape index (κ2) is 7.55. The quantitative estimate of drug-likeness (QED) is 0.680. The van der Waals surface area contributed by atoms with E-state index >= 15 is 0 Å². The van der Waals surface area contributed by atoms with Gasteiger partial charge < -0.3 is 5.32 Å². The SMILES string of the molecule is Cc1nnc(SCc2ccc(C(=O)Nc3ccccc3F)cc2)s1. The van der Waals surface area contributed by atoms with Gasteiger partial charge in [0.1, 0.15) is 10.8 Å². The van der Waals surface area contributed by atoms with E-state index in [1.54, 1.807) is 47.4 Å². The molecule has 0 saturated carbocycles. The van der Waals surface area contributed by atoms with Gasteiger partial charge in [0, 0.05) is 11.3 Å². The van der Waals surface area contributed by atoms with Gasteiger partial charge in [-0.1, -0.05) is 47.4 Å². The number of carbonyl (C=O) groups is 1. The number of benzene rings is 2. The summed E-state index contributed by atoms with van der Waals surface area (Å²) < 4.78 is 14.5. The van der Waals surface area contributed by atoms with Crippen molar-refractivity contribution >= 4 is 34.7 Å². The maximum Gasteiger partial charge on any atom is 0.255 e. The molecule has 0 radical (unpaired) electrons. The standard InChI is InChI=1S/C17H14FN3OS2/c1-11-20-21-17(24-11)23-10-12-6-8-13(9-7-12)16(22)19-15-5-3-2-4-14(15)18/h2-9H,10H2,1H3,(H,19,22). The van der Waals surface area contributed by atoms with Crippen LogP contribution in [0.1, 0.15) is 20.9 Å². The Morgan fingerprint density at radius 3 is 2.58 bits per heavy atom. The number of aromatic nitrogens is 2. The van der Waals surface area contributed by atoms with Gasteiger partial charge in [0.25, 0.3) is 5.91 Å². The van der Waals surface area contributed by atoms with Gasteiger partial charge in [0.2, 0.25) is 0 Å².